The molecule has 2 amide bonds. The van der Waals surface area contributed by atoms with Gasteiger partial charge >= 0.3 is 0 Å². The molecule has 0 saturated carbocycles. The third kappa shape index (κ3) is 3.46. The molecule has 0 aliphatic carbocycles. The highest BCUT2D eigenvalue weighted by Crippen LogP contribution is 2.23. The lowest BCUT2D eigenvalue weighted by Crippen LogP contribution is -2.13. The number of carbonyl (C=O) groups is 2. The van der Waals surface area contributed by atoms with Crippen LogP contribution < -0.4 is 10.6 Å². The van der Waals surface area contributed by atoms with Gasteiger partial charge in [-0.2, -0.15) is 0 Å². The summed E-state index contributed by atoms with van der Waals surface area (Å²) in [6.45, 7) is 1.84. The molecule has 0 saturated heterocycles. The molecule has 0 aliphatic heterocycles. The quantitative estimate of drug-likeness (QED) is 0.545. The van der Waals surface area contributed by atoms with Gasteiger partial charge in [0.2, 0.25) is 0 Å². The highest BCUT2D eigenvalue weighted by atomic mass is 16.3. The third-order valence-electron chi connectivity index (χ3n) is 4.13. The Labute approximate surface area is 154 Å². The van der Waals surface area contributed by atoms with Crippen LogP contribution in [0.3, 0.4) is 0 Å². The van der Waals surface area contributed by atoms with E-state index in [2.05, 4.69) is 10.6 Å². The Morgan fingerprint density at radius 2 is 1.67 bits per heavy atom. The summed E-state index contributed by atoms with van der Waals surface area (Å²) in [6.07, 6.45) is 1.44. The van der Waals surface area contributed by atoms with E-state index < -0.39 is 0 Å². The van der Waals surface area contributed by atoms with Gasteiger partial charge in [0.25, 0.3) is 11.8 Å². The van der Waals surface area contributed by atoms with Crippen LogP contribution in [0.15, 0.2) is 75.8 Å². The van der Waals surface area contributed by atoms with E-state index in [0.29, 0.717) is 17.0 Å². The van der Waals surface area contributed by atoms with Crippen LogP contribution in [0.25, 0.3) is 11.0 Å². The second-order valence-corrected chi connectivity index (χ2v) is 6.06. The van der Waals surface area contributed by atoms with E-state index in [1.807, 2.05) is 31.2 Å². The fourth-order valence-electron chi connectivity index (χ4n) is 2.76. The molecule has 2 N–H and O–H groups in total. The van der Waals surface area contributed by atoms with Gasteiger partial charge in [-0.15, -0.1) is 0 Å². The molecule has 134 valence electrons. The molecular formula is C21H16N2O4. The van der Waals surface area contributed by atoms with Crippen molar-refractivity contribution < 1.29 is 18.4 Å². The Bertz CT molecular complexity index is 1090. The van der Waals surface area contributed by atoms with Crippen molar-refractivity contribution in [3.63, 3.8) is 0 Å². The number of anilines is 2. The number of hydrogen-bond donors (Lipinski definition) is 2. The van der Waals surface area contributed by atoms with Gasteiger partial charge in [-0.25, -0.2) is 0 Å². The van der Waals surface area contributed by atoms with Crippen molar-refractivity contribution in [1.82, 2.24) is 0 Å². The average Bonchev–Trinajstić information content (AvgIpc) is 3.33. The van der Waals surface area contributed by atoms with Crippen LogP contribution in [0.2, 0.25) is 0 Å². The summed E-state index contributed by atoms with van der Waals surface area (Å²) < 4.78 is 10.6. The number of amides is 2. The minimum atomic E-state index is -0.335. The fraction of sp³-hybridized carbons (Fsp3) is 0.0476. The lowest BCUT2D eigenvalue weighted by Gasteiger charge is -2.10. The van der Waals surface area contributed by atoms with Gasteiger partial charge in [-0.1, -0.05) is 18.2 Å². The average molecular weight is 360 g/mol. The van der Waals surface area contributed by atoms with Crippen molar-refractivity contribution in [1.29, 1.82) is 0 Å². The zero-order valence-electron chi connectivity index (χ0n) is 14.5. The number of rotatable bonds is 4. The zero-order valence-corrected chi connectivity index (χ0v) is 14.5. The van der Waals surface area contributed by atoms with Crippen LogP contribution in [0.5, 0.6) is 0 Å². The maximum absolute atomic E-state index is 12.5. The van der Waals surface area contributed by atoms with Crippen LogP contribution >= 0.6 is 0 Å². The molecule has 6 nitrogen and oxygen atoms in total. The molecule has 6 heteroatoms. The van der Waals surface area contributed by atoms with Crippen molar-refractivity contribution in [3.8, 4) is 0 Å². The lowest BCUT2D eigenvalue weighted by molar-refractivity contribution is 0.0990. The largest absolute Gasteiger partial charge is 0.459 e. The van der Waals surface area contributed by atoms with Gasteiger partial charge in [0.05, 0.1) is 6.26 Å². The molecule has 0 radical (unpaired) electrons. The second kappa shape index (κ2) is 6.84. The number of nitrogens with one attached hydrogen (secondary N) is 2. The molecule has 0 aliphatic rings. The number of aryl methyl sites for hydroxylation is 1. The van der Waals surface area contributed by atoms with E-state index >= 15 is 0 Å². The molecule has 4 rings (SSSR count). The Morgan fingerprint density at radius 3 is 2.41 bits per heavy atom. The SMILES string of the molecule is Cc1cc(NC(=O)c2ccco2)ccc1NC(=O)c1cc2ccccc2o1. The lowest BCUT2D eigenvalue weighted by atomic mass is 10.1. The first-order valence-corrected chi connectivity index (χ1v) is 8.35. The molecule has 2 aromatic heterocycles. The van der Waals surface area contributed by atoms with Crippen molar-refractivity contribution in [2.75, 3.05) is 10.6 Å². The van der Waals surface area contributed by atoms with Crippen molar-refractivity contribution in [3.05, 3.63) is 84.0 Å². The molecule has 27 heavy (non-hydrogen) atoms. The van der Waals surface area contributed by atoms with Gasteiger partial charge in [0.15, 0.2) is 11.5 Å². The van der Waals surface area contributed by atoms with E-state index in [0.717, 1.165) is 10.9 Å². The minimum Gasteiger partial charge on any atom is -0.459 e. The first-order valence-electron chi connectivity index (χ1n) is 8.35. The first kappa shape index (κ1) is 16.7. The van der Waals surface area contributed by atoms with E-state index in [9.17, 15) is 9.59 Å². The number of carbonyl (C=O) groups excluding carboxylic acids is 2. The third-order valence-corrected chi connectivity index (χ3v) is 4.13. The van der Waals surface area contributed by atoms with Crippen LogP contribution in [0, 0.1) is 6.92 Å². The maximum atomic E-state index is 12.5. The van der Waals surface area contributed by atoms with Gasteiger partial charge in [0.1, 0.15) is 5.58 Å². The summed E-state index contributed by atoms with van der Waals surface area (Å²) >= 11 is 0. The van der Waals surface area contributed by atoms with E-state index in [1.165, 1.54) is 6.26 Å². The number of furan rings is 2. The molecule has 0 fully saturated rings. The van der Waals surface area contributed by atoms with Gasteiger partial charge in [-0.3, -0.25) is 9.59 Å². The van der Waals surface area contributed by atoms with Crippen molar-refractivity contribution in [2.24, 2.45) is 0 Å². The summed E-state index contributed by atoms with van der Waals surface area (Å²) in [5, 5.41) is 6.45. The summed E-state index contributed by atoms with van der Waals surface area (Å²) in [5.74, 6) is -0.194. The minimum absolute atomic E-state index is 0.231. The summed E-state index contributed by atoms with van der Waals surface area (Å²) in [6, 6.07) is 17.6. The Morgan fingerprint density at radius 1 is 0.852 bits per heavy atom. The topological polar surface area (TPSA) is 84.5 Å². The van der Waals surface area contributed by atoms with Crippen molar-refractivity contribution >= 4 is 34.2 Å². The molecular weight excluding hydrogens is 344 g/mol. The summed E-state index contributed by atoms with van der Waals surface area (Å²) in [5.41, 5.74) is 2.71. The monoisotopic (exact) mass is 360 g/mol. The molecule has 4 aromatic rings. The van der Waals surface area contributed by atoms with E-state index in [-0.39, 0.29) is 23.3 Å². The zero-order chi connectivity index (χ0) is 18.8. The smallest absolute Gasteiger partial charge is 0.291 e. The van der Waals surface area contributed by atoms with Gasteiger partial charge < -0.3 is 19.5 Å². The number of hydrogen-bond acceptors (Lipinski definition) is 4. The van der Waals surface area contributed by atoms with E-state index in [1.54, 1.807) is 36.4 Å². The molecule has 2 heterocycles. The molecule has 0 spiro atoms. The van der Waals surface area contributed by atoms with Gasteiger partial charge in [-0.05, 0) is 55.0 Å². The highest BCUT2D eigenvalue weighted by Gasteiger charge is 2.14. The van der Waals surface area contributed by atoms with Crippen LogP contribution in [-0.4, -0.2) is 11.8 Å². The molecule has 2 aromatic carbocycles. The van der Waals surface area contributed by atoms with Crippen LogP contribution in [0.4, 0.5) is 11.4 Å². The first-order chi connectivity index (χ1) is 13.1. The number of fused-ring (bicyclic) bond motifs is 1. The predicted octanol–water partition coefficient (Wildman–Crippen LogP) is 4.84. The van der Waals surface area contributed by atoms with Crippen LogP contribution in [-0.2, 0) is 0 Å². The Kier molecular flexibility index (Phi) is 4.22. The molecule has 0 unspecified atom stereocenters. The van der Waals surface area contributed by atoms with Crippen molar-refractivity contribution in [2.45, 2.75) is 6.92 Å². The number of para-hydroxylation sites is 1. The molecule has 0 bridgehead atoms. The second-order valence-electron chi connectivity index (χ2n) is 6.06. The maximum Gasteiger partial charge on any atom is 0.291 e. The fourth-order valence-corrected chi connectivity index (χ4v) is 2.76. The summed E-state index contributed by atoms with van der Waals surface area (Å²) in [4.78, 5) is 24.5. The standard InChI is InChI=1S/C21H16N2O4/c1-13-11-15(22-20(24)18-7-4-10-26-18)8-9-16(13)23-21(25)19-12-14-5-2-3-6-17(14)27-19/h2-12H,1H3,(H,22,24)(H,23,25). The summed E-state index contributed by atoms with van der Waals surface area (Å²) in [7, 11) is 0. The van der Waals surface area contributed by atoms with Crippen LogP contribution in [0.1, 0.15) is 26.7 Å². The predicted molar refractivity (Wildman–Crippen MR) is 102 cm³/mol. The normalized spacial score (nSPS) is 10.7. The molecule has 0 atom stereocenters. The van der Waals surface area contributed by atoms with Gasteiger partial charge in [0, 0.05) is 16.8 Å². The van der Waals surface area contributed by atoms with E-state index in [4.69, 9.17) is 8.83 Å². The Hall–Kier alpha value is -3.80. The Balaban J connectivity index is 1.49. The number of benzene rings is 2. The highest BCUT2D eigenvalue weighted by molar-refractivity contribution is 6.05.